The van der Waals surface area contributed by atoms with Crippen LogP contribution >= 0.6 is 0 Å². The van der Waals surface area contributed by atoms with Gasteiger partial charge in [0.05, 0.1) is 0 Å². The van der Waals surface area contributed by atoms with Crippen molar-refractivity contribution in [1.82, 2.24) is 0 Å². The summed E-state index contributed by atoms with van der Waals surface area (Å²) in [6.45, 7) is 18.2. The Morgan fingerprint density at radius 2 is 0.931 bits per heavy atom. The van der Waals surface area contributed by atoms with Crippen LogP contribution in [0.5, 0.6) is 0 Å². The Morgan fingerprint density at radius 1 is 0.517 bits per heavy atom. The van der Waals surface area contributed by atoms with Crippen molar-refractivity contribution >= 4 is 0 Å². The highest BCUT2D eigenvalue weighted by Gasteiger charge is 2.16. The van der Waals surface area contributed by atoms with Crippen molar-refractivity contribution in [3.63, 3.8) is 0 Å². The van der Waals surface area contributed by atoms with E-state index in [0.717, 1.165) is 0 Å². The lowest BCUT2D eigenvalue weighted by atomic mass is 9.83. The summed E-state index contributed by atoms with van der Waals surface area (Å²) in [5.74, 6) is 0.491. The fourth-order valence-electron chi connectivity index (χ4n) is 3.65. The highest BCUT2D eigenvalue weighted by molar-refractivity contribution is 5.75. The van der Waals surface area contributed by atoms with E-state index >= 15 is 0 Å². The van der Waals surface area contributed by atoms with Crippen LogP contribution in [-0.4, -0.2) is 0 Å². The quantitative estimate of drug-likeness (QED) is 0.423. The summed E-state index contributed by atoms with van der Waals surface area (Å²) in [7, 11) is 0. The van der Waals surface area contributed by atoms with Crippen LogP contribution in [-0.2, 0) is 10.8 Å². The fraction of sp³-hybridized carbons (Fsp3) is 0.379. The van der Waals surface area contributed by atoms with Gasteiger partial charge < -0.3 is 0 Å². The molecule has 0 unspecified atom stereocenters. The summed E-state index contributed by atoms with van der Waals surface area (Å²) in [5, 5.41) is 0. The van der Waals surface area contributed by atoms with E-state index in [1.807, 2.05) is 0 Å². The molecule has 0 saturated carbocycles. The van der Waals surface area contributed by atoms with Crippen molar-refractivity contribution < 1.29 is 0 Å². The summed E-state index contributed by atoms with van der Waals surface area (Å²) in [4.78, 5) is 0. The molecule has 3 aromatic carbocycles. The maximum Gasteiger partial charge on any atom is -0.0132 e. The van der Waals surface area contributed by atoms with Gasteiger partial charge in [-0.25, -0.2) is 0 Å². The molecule has 0 amide bonds. The molecule has 0 fully saturated rings. The van der Waals surface area contributed by atoms with Crippen LogP contribution in [0.2, 0.25) is 0 Å². The molecule has 0 aliphatic rings. The smallest absolute Gasteiger partial charge is 0.0132 e. The molecular weight excluding hydrogens is 348 g/mol. The first-order chi connectivity index (χ1) is 13.4. The van der Waals surface area contributed by atoms with Crippen LogP contribution in [0.15, 0.2) is 66.7 Å². The van der Waals surface area contributed by atoms with E-state index in [2.05, 4.69) is 122 Å². The molecule has 29 heavy (non-hydrogen) atoms. The van der Waals surface area contributed by atoms with Gasteiger partial charge in [-0.1, -0.05) is 116 Å². The number of hydrogen-bond donors (Lipinski definition) is 0. The van der Waals surface area contributed by atoms with Crippen molar-refractivity contribution in [2.75, 3.05) is 0 Å². The molecule has 0 spiro atoms. The molecule has 0 atom stereocenters. The van der Waals surface area contributed by atoms with E-state index in [1.165, 1.54) is 38.9 Å². The van der Waals surface area contributed by atoms with Gasteiger partial charge in [-0.3, -0.25) is 0 Å². The zero-order chi connectivity index (χ0) is 21.4. The van der Waals surface area contributed by atoms with Gasteiger partial charge in [0, 0.05) is 0 Å². The van der Waals surface area contributed by atoms with Crippen molar-refractivity contribution in [1.29, 1.82) is 0 Å². The van der Waals surface area contributed by atoms with E-state index in [1.54, 1.807) is 0 Å². The Bertz CT molecular complexity index is 915. The van der Waals surface area contributed by atoms with Crippen LogP contribution in [0.1, 0.15) is 78.0 Å². The van der Waals surface area contributed by atoms with Crippen molar-refractivity contribution in [2.45, 2.75) is 72.1 Å². The third kappa shape index (κ3) is 4.99. The zero-order valence-corrected chi connectivity index (χ0v) is 19.4. The third-order valence-electron chi connectivity index (χ3n) is 5.75. The molecule has 0 aliphatic carbocycles. The normalized spacial score (nSPS) is 12.4. The lowest BCUT2D eigenvalue weighted by Crippen LogP contribution is -2.10. The Balaban J connectivity index is 2.16. The molecule has 0 aromatic heterocycles. The van der Waals surface area contributed by atoms with E-state index in [9.17, 15) is 0 Å². The van der Waals surface area contributed by atoms with Gasteiger partial charge in [0.15, 0.2) is 0 Å². The summed E-state index contributed by atoms with van der Waals surface area (Å²) >= 11 is 0. The highest BCUT2D eigenvalue weighted by atomic mass is 14.2. The van der Waals surface area contributed by atoms with Gasteiger partial charge in [-0.05, 0) is 61.8 Å². The van der Waals surface area contributed by atoms with Gasteiger partial charge >= 0.3 is 0 Å². The van der Waals surface area contributed by atoms with Crippen LogP contribution in [0.4, 0.5) is 0 Å². The fourth-order valence-corrected chi connectivity index (χ4v) is 3.65. The van der Waals surface area contributed by atoms with Crippen LogP contribution in [0.3, 0.4) is 0 Å². The molecule has 0 heterocycles. The first kappa shape index (κ1) is 21.4. The average Bonchev–Trinajstić information content (AvgIpc) is 2.66. The predicted octanol–water partition coefficient (Wildman–Crippen LogP) is 8.74. The Hall–Kier alpha value is -2.34. The SMILES string of the molecule is CC(C)c1cc(-c2cccc(C(C)(C)C)c2)cc(-c2cccc(C(C)(C)C)c2)c1. The number of benzene rings is 3. The standard InChI is InChI=1S/C29H36/c1-20(2)23-15-24(21-11-9-13-26(18-21)28(3,4)5)17-25(16-23)22-12-10-14-27(19-22)29(6,7)8/h9-20H,1-8H3. The second-order valence-corrected chi connectivity index (χ2v) is 10.7. The second-order valence-electron chi connectivity index (χ2n) is 10.7. The van der Waals surface area contributed by atoms with E-state index < -0.39 is 0 Å². The minimum absolute atomic E-state index is 0.148. The summed E-state index contributed by atoms with van der Waals surface area (Å²) < 4.78 is 0. The molecule has 0 radical (unpaired) electrons. The minimum atomic E-state index is 0.148. The van der Waals surface area contributed by atoms with Gasteiger partial charge in [-0.2, -0.15) is 0 Å². The Morgan fingerprint density at radius 3 is 1.28 bits per heavy atom. The highest BCUT2D eigenvalue weighted by Crippen LogP contribution is 2.34. The maximum atomic E-state index is 2.36. The first-order valence-electron chi connectivity index (χ1n) is 10.8. The monoisotopic (exact) mass is 384 g/mol. The predicted molar refractivity (Wildman–Crippen MR) is 129 cm³/mol. The van der Waals surface area contributed by atoms with Crippen LogP contribution in [0, 0.1) is 0 Å². The summed E-state index contributed by atoms with van der Waals surface area (Å²) in [6.07, 6.45) is 0. The van der Waals surface area contributed by atoms with Crippen molar-refractivity contribution in [3.8, 4) is 22.3 Å². The molecule has 3 rings (SSSR count). The molecule has 0 bridgehead atoms. The van der Waals surface area contributed by atoms with E-state index in [-0.39, 0.29) is 10.8 Å². The first-order valence-corrected chi connectivity index (χ1v) is 10.8. The molecule has 0 nitrogen and oxygen atoms in total. The minimum Gasteiger partial charge on any atom is -0.0614 e. The summed E-state index contributed by atoms with van der Waals surface area (Å²) in [6, 6.07) is 25.1. The van der Waals surface area contributed by atoms with Crippen LogP contribution in [0.25, 0.3) is 22.3 Å². The van der Waals surface area contributed by atoms with Gasteiger partial charge in [0.1, 0.15) is 0 Å². The van der Waals surface area contributed by atoms with Gasteiger partial charge in [0.2, 0.25) is 0 Å². The molecule has 0 heteroatoms. The van der Waals surface area contributed by atoms with Crippen molar-refractivity contribution in [2.24, 2.45) is 0 Å². The van der Waals surface area contributed by atoms with E-state index in [4.69, 9.17) is 0 Å². The molecule has 0 N–H and O–H groups in total. The van der Waals surface area contributed by atoms with E-state index in [0.29, 0.717) is 5.92 Å². The largest absolute Gasteiger partial charge is 0.0614 e. The molecular formula is C29H36. The lowest BCUT2D eigenvalue weighted by molar-refractivity contribution is 0.590. The third-order valence-corrected chi connectivity index (χ3v) is 5.75. The Kier molecular flexibility index (Phi) is 5.77. The lowest BCUT2D eigenvalue weighted by Gasteiger charge is -2.21. The van der Waals surface area contributed by atoms with Gasteiger partial charge in [0.25, 0.3) is 0 Å². The van der Waals surface area contributed by atoms with Gasteiger partial charge in [-0.15, -0.1) is 0 Å². The van der Waals surface area contributed by atoms with Crippen molar-refractivity contribution in [3.05, 3.63) is 83.4 Å². The topological polar surface area (TPSA) is 0 Å². The van der Waals surface area contributed by atoms with Crippen LogP contribution < -0.4 is 0 Å². The Labute approximate surface area is 178 Å². The molecule has 152 valence electrons. The molecule has 3 aromatic rings. The summed E-state index contributed by atoms with van der Waals surface area (Å²) in [5.41, 5.74) is 9.64. The second kappa shape index (κ2) is 7.82. The zero-order valence-electron chi connectivity index (χ0n) is 19.4. The number of hydrogen-bond acceptors (Lipinski definition) is 0. The maximum absolute atomic E-state index is 2.36. The molecule has 0 saturated heterocycles. The number of rotatable bonds is 3. The average molecular weight is 385 g/mol. The molecule has 0 aliphatic heterocycles.